The van der Waals surface area contributed by atoms with Gasteiger partial charge in [-0.3, -0.25) is 29.5 Å². The molecule has 0 radical (unpaired) electrons. The summed E-state index contributed by atoms with van der Waals surface area (Å²) in [6.45, 7) is 2.23. The number of amides is 4. The molecule has 6 atom stereocenters. The summed E-state index contributed by atoms with van der Waals surface area (Å²) in [6.07, 6.45) is 3.05. The number of phenolic OH excluding ortho intramolecular Hbond substituents is 1. The van der Waals surface area contributed by atoms with E-state index in [0.29, 0.717) is 41.2 Å². The lowest BCUT2D eigenvalue weighted by molar-refractivity contribution is -0.141. The van der Waals surface area contributed by atoms with E-state index < -0.39 is 52.6 Å². The van der Waals surface area contributed by atoms with Crippen LogP contribution in [0.1, 0.15) is 43.2 Å². The molecule has 2 saturated heterocycles. The predicted molar refractivity (Wildman–Crippen MR) is 171 cm³/mol. The number of carbonyl (C=O) groups excluding carboxylic acids is 4. The van der Waals surface area contributed by atoms with Crippen molar-refractivity contribution < 1.29 is 33.4 Å². The molecule has 47 heavy (non-hydrogen) atoms. The molecule has 3 aromatic carbocycles. The molecule has 4 amide bonds. The zero-order chi connectivity index (χ0) is 33.2. The lowest BCUT2D eigenvalue weighted by Gasteiger charge is -2.50. The molecule has 0 aromatic heterocycles. The van der Waals surface area contributed by atoms with E-state index in [-0.39, 0.29) is 29.7 Å². The quantitative estimate of drug-likeness (QED) is 0.251. The van der Waals surface area contributed by atoms with Crippen molar-refractivity contribution in [3.05, 3.63) is 100 Å². The fourth-order valence-corrected chi connectivity index (χ4v) is 8.54. The molecule has 0 spiro atoms. The maximum Gasteiger partial charge on any atom is 0.260 e. The van der Waals surface area contributed by atoms with Crippen LogP contribution in [-0.2, 0) is 24.6 Å². The number of halogens is 2. The SMILES string of the molecule is CCCN1C(=O)[C@H]2[C@H](CC=C3[C@H]2C[C@H]2C(=O)N(Nc4ccc(F)cc4)C(=O)[C@@]2(c2ccc(Cl)cc2)[C@H]3c2ccc(O)c(OC)c2)C1=O. The zero-order valence-electron chi connectivity index (χ0n) is 25.8. The van der Waals surface area contributed by atoms with Crippen molar-refractivity contribution >= 4 is 40.9 Å². The fraction of sp³-hybridized carbons (Fsp3) is 0.333. The van der Waals surface area contributed by atoms with Crippen molar-refractivity contribution in [2.45, 2.75) is 37.5 Å². The molecule has 0 bridgehead atoms. The average molecular weight is 658 g/mol. The highest BCUT2D eigenvalue weighted by atomic mass is 35.5. The van der Waals surface area contributed by atoms with Gasteiger partial charge in [0.05, 0.1) is 36.0 Å². The average Bonchev–Trinajstić information content (AvgIpc) is 3.43. The third-order valence-corrected chi connectivity index (χ3v) is 10.6. The molecule has 3 aromatic rings. The number of methoxy groups -OCH3 is 1. The lowest BCUT2D eigenvalue weighted by atomic mass is 9.49. The largest absolute Gasteiger partial charge is 0.504 e. The van der Waals surface area contributed by atoms with Gasteiger partial charge in [-0.1, -0.05) is 48.4 Å². The van der Waals surface area contributed by atoms with Crippen molar-refractivity contribution in [3.63, 3.8) is 0 Å². The number of aromatic hydroxyl groups is 1. The smallest absolute Gasteiger partial charge is 0.260 e. The Labute approximate surface area is 275 Å². The number of rotatable bonds is 7. The molecule has 2 N–H and O–H groups in total. The minimum Gasteiger partial charge on any atom is -0.504 e. The third-order valence-electron chi connectivity index (χ3n) is 10.3. The van der Waals surface area contributed by atoms with Gasteiger partial charge in [0, 0.05) is 17.5 Å². The van der Waals surface area contributed by atoms with Crippen LogP contribution in [0.15, 0.2) is 78.4 Å². The van der Waals surface area contributed by atoms with Gasteiger partial charge in [-0.15, -0.1) is 0 Å². The molecule has 242 valence electrons. The number of benzene rings is 3. The summed E-state index contributed by atoms with van der Waals surface area (Å²) in [5.74, 6) is -5.38. The van der Waals surface area contributed by atoms with Gasteiger partial charge in [-0.2, -0.15) is 5.01 Å². The summed E-state index contributed by atoms with van der Waals surface area (Å²) in [7, 11) is 1.43. The fourth-order valence-electron chi connectivity index (χ4n) is 8.41. The molecular weight excluding hydrogens is 625 g/mol. The molecule has 9 nitrogen and oxygen atoms in total. The normalized spacial score (nSPS) is 28.2. The predicted octanol–water partition coefficient (Wildman–Crippen LogP) is 5.59. The molecule has 2 aliphatic carbocycles. The molecule has 2 aliphatic heterocycles. The van der Waals surface area contributed by atoms with Crippen LogP contribution in [0, 0.1) is 29.5 Å². The summed E-state index contributed by atoms with van der Waals surface area (Å²) < 4.78 is 19.3. The van der Waals surface area contributed by atoms with E-state index in [2.05, 4.69) is 5.43 Å². The number of hydrazine groups is 1. The van der Waals surface area contributed by atoms with Crippen LogP contribution in [-0.4, -0.2) is 52.3 Å². The summed E-state index contributed by atoms with van der Waals surface area (Å²) >= 11 is 6.32. The number of nitrogens with zero attached hydrogens (tertiary/aromatic N) is 2. The molecule has 1 saturated carbocycles. The second-order valence-corrected chi connectivity index (χ2v) is 13.1. The first kappa shape index (κ1) is 30.9. The Morgan fingerprint density at radius 3 is 2.38 bits per heavy atom. The number of anilines is 1. The Morgan fingerprint density at radius 2 is 1.70 bits per heavy atom. The number of phenols is 1. The van der Waals surface area contributed by atoms with E-state index in [0.717, 1.165) is 10.6 Å². The maximum atomic E-state index is 15.1. The number of ether oxygens (including phenoxy) is 1. The number of carbonyl (C=O) groups is 4. The van der Waals surface area contributed by atoms with Crippen LogP contribution < -0.4 is 10.2 Å². The second kappa shape index (κ2) is 11.5. The second-order valence-electron chi connectivity index (χ2n) is 12.6. The van der Waals surface area contributed by atoms with Gasteiger partial charge < -0.3 is 9.84 Å². The number of hydrogen-bond donors (Lipinski definition) is 2. The highest BCUT2D eigenvalue weighted by molar-refractivity contribution is 6.30. The van der Waals surface area contributed by atoms with Crippen LogP contribution in [0.2, 0.25) is 5.02 Å². The molecule has 4 aliphatic rings. The van der Waals surface area contributed by atoms with E-state index in [1.165, 1.54) is 42.3 Å². The molecule has 11 heteroatoms. The first-order valence-corrected chi connectivity index (χ1v) is 16.1. The van der Waals surface area contributed by atoms with Crippen LogP contribution in [0.5, 0.6) is 11.5 Å². The first-order valence-electron chi connectivity index (χ1n) is 15.7. The lowest BCUT2D eigenvalue weighted by Crippen LogP contribution is -2.53. The van der Waals surface area contributed by atoms with E-state index in [1.54, 1.807) is 36.4 Å². The Morgan fingerprint density at radius 1 is 0.979 bits per heavy atom. The van der Waals surface area contributed by atoms with Crippen LogP contribution in [0.4, 0.5) is 10.1 Å². The van der Waals surface area contributed by atoms with Gasteiger partial charge in [0.1, 0.15) is 5.82 Å². The number of fused-ring (bicyclic) bond motifs is 4. The minimum atomic E-state index is -1.51. The molecular formula is C36H33ClFN3O6. The number of imide groups is 2. The van der Waals surface area contributed by atoms with Gasteiger partial charge in [0.25, 0.3) is 11.8 Å². The Hall–Kier alpha value is -4.70. The van der Waals surface area contributed by atoms with Crippen LogP contribution in [0.3, 0.4) is 0 Å². The molecule has 7 rings (SSSR count). The molecule has 2 heterocycles. The summed E-state index contributed by atoms with van der Waals surface area (Å²) in [5.41, 5.74) is 3.69. The van der Waals surface area contributed by atoms with E-state index in [9.17, 15) is 23.9 Å². The monoisotopic (exact) mass is 657 g/mol. The zero-order valence-corrected chi connectivity index (χ0v) is 26.5. The van der Waals surface area contributed by atoms with Crippen molar-refractivity contribution in [3.8, 4) is 11.5 Å². The summed E-state index contributed by atoms with van der Waals surface area (Å²) in [4.78, 5) is 58.5. The van der Waals surface area contributed by atoms with Gasteiger partial charge in [0.2, 0.25) is 11.8 Å². The van der Waals surface area contributed by atoms with Crippen LogP contribution in [0.25, 0.3) is 0 Å². The number of likely N-dealkylation sites (tertiary alicyclic amines) is 1. The van der Waals surface area contributed by atoms with Crippen molar-refractivity contribution in [2.24, 2.45) is 23.7 Å². The highest BCUT2D eigenvalue weighted by Gasteiger charge is 2.70. The van der Waals surface area contributed by atoms with Crippen molar-refractivity contribution in [1.29, 1.82) is 0 Å². The summed E-state index contributed by atoms with van der Waals surface area (Å²) in [5, 5.41) is 12.0. The number of nitrogens with one attached hydrogen (secondary N) is 1. The number of hydrogen-bond acceptors (Lipinski definition) is 7. The maximum absolute atomic E-state index is 15.1. The molecule has 3 fully saturated rings. The van der Waals surface area contributed by atoms with Gasteiger partial charge in [0.15, 0.2) is 11.5 Å². The Bertz CT molecular complexity index is 1830. The Balaban J connectivity index is 1.46. The van der Waals surface area contributed by atoms with E-state index in [4.69, 9.17) is 16.3 Å². The van der Waals surface area contributed by atoms with E-state index in [1.807, 2.05) is 13.0 Å². The third kappa shape index (κ3) is 4.56. The van der Waals surface area contributed by atoms with Crippen molar-refractivity contribution in [1.82, 2.24) is 9.91 Å². The number of allylic oxidation sites excluding steroid dienone is 2. The van der Waals surface area contributed by atoms with Crippen molar-refractivity contribution in [2.75, 3.05) is 19.1 Å². The van der Waals surface area contributed by atoms with Gasteiger partial charge in [-0.05, 0) is 84.8 Å². The highest BCUT2D eigenvalue weighted by Crippen LogP contribution is 2.64. The topological polar surface area (TPSA) is 116 Å². The first-order chi connectivity index (χ1) is 22.6. The minimum absolute atomic E-state index is 0.0985. The Kier molecular flexibility index (Phi) is 7.58. The molecule has 0 unspecified atom stereocenters. The van der Waals surface area contributed by atoms with Gasteiger partial charge in [-0.25, -0.2) is 4.39 Å². The van der Waals surface area contributed by atoms with E-state index >= 15 is 4.79 Å². The summed E-state index contributed by atoms with van der Waals surface area (Å²) in [6, 6.07) is 17.0. The standard InChI is InChI=1S/C36H33ClFN3O6/c1-3-16-40-32(43)25-14-13-24-26(30(25)34(40)45)18-27-33(44)41(39-23-11-9-22(38)10-12-23)35(46)36(27,20-5-7-21(37)8-6-20)31(24)19-4-15-28(42)29(17-19)47-2/h4-13,15,17,25-27,30-31,39,42H,3,14,16,18H2,1-2H3/t25-,26+,27-,30-,31-,36+/m0/s1. The van der Waals surface area contributed by atoms with Crippen LogP contribution >= 0.6 is 11.6 Å². The van der Waals surface area contributed by atoms with Gasteiger partial charge >= 0.3 is 0 Å².